The first-order valence-electron chi connectivity index (χ1n) is 4.48. The second-order valence-electron chi connectivity index (χ2n) is 3.18. The van der Waals surface area contributed by atoms with Gasteiger partial charge < -0.3 is 0 Å². The molecule has 2 nitrogen and oxygen atoms in total. The maximum atomic E-state index is 5.57. The zero-order valence-electron chi connectivity index (χ0n) is 7.92. The van der Waals surface area contributed by atoms with E-state index in [4.69, 9.17) is 11.6 Å². The molecule has 3 heteroatoms. The third-order valence-electron chi connectivity index (χ3n) is 2.17. The lowest BCUT2D eigenvalue weighted by molar-refractivity contribution is 1.07. The van der Waals surface area contributed by atoms with E-state index in [9.17, 15) is 0 Å². The second kappa shape index (κ2) is 3.84. The molecule has 2 rings (SSSR count). The number of benzene rings is 1. The Kier molecular flexibility index (Phi) is 2.55. The third-order valence-corrected chi connectivity index (χ3v) is 2.35. The molecule has 0 spiro atoms. The molecule has 1 aromatic carbocycles. The molecule has 0 saturated carbocycles. The van der Waals surface area contributed by atoms with E-state index in [1.807, 2.05) is 25.1 Å². The van der Waals surface area contributed by atoms with Crippen molar-refractivity contribution >= 4 is 28.6 Å². The first-order chi connectivity index (χ1) is 6.81. The molecule has 1 aromatic heterocycles. The topological polar surface area (TPSA) is 28.7 Å². The van der Waals surface area contributed by atoms with Crippen LogP contribution in [0.25, 0.3) is 17.0 Å². The quantitative estimate of drug-likeness (QED) is 0.752. The number of hydrogen-bond acceptors (Lipinski definition) is 1. The highest BCUT2D eigenvalue weighted by Gasteiger charge is 1.99. The number of nitrogens with zero attached hydrogens (tertiary/aromatic N) is 1. The summed E-state index contributed by atoms with van der Waals surface area (Å²) in [6.07, 6.45) is 3.92. The Morgan fingerprint density at radius 3 is 3.14 bits per heavy atom. The van der Waals surface area contributed by atoms with Crippen molar-refractivity contribution in [3.05, 3.63) is 35.5 Å². The average molecular weight is 207 g/mol. The molecule has 0 aliphatic carbocycles. The minimum absolute atomic E-state index is 0.539. The van der Waals surface area contributed by atoms with Crippen molar-refractivity contribution in [2.75, 3.05) is 5.88 Å². The van der Waals surface area contributed by atoms with Crippen molar-refractivity contribution < 1.29 is 0 Å². The van der Waals surface area contributed by atoms with Crippen LogP contribution in [-0.4, -0.2) is 16.1 Å². The molecule has 0 bridgehead atoms. The van der Waals surface area contributed by atoms with E-state index < -0.39 is 0 Å². The molecule has 0 fully saturated rings. The monoisotopic (exact) mass is 206 g/mol. The van der Waals surface area contributed by atoms with Gasteiger partial charge in [0.15, 0.2) is 0 Å². The van der Waals surface area contributed by atoms with Gasteiger partial charge in [-0.2, -0.15) is 5.10 Å². The van der Waals surface area contributed by atoms with Crippen LogP contribution < -0.4 is 0 Å². The van der Waals surface area contributed by atoms with Gasteiger partial charge in [0.25, 0.3) is 0 Å². The van der Waals surface area contributed by atoms with Crippen LogP contribution >= 0.6 is 11.6 Å². The number of aromatic nitrogens is 2. The van der Waals surface area contributed by atoms with E-state index >= 15 is 0 Å². The second-order valence-corrected chi connectivity index (χ2v) is 3.49. The van der Waals surface area contributed by atoms with Gasteiger partial charge in [-0.05, 0) is 18.6 Å². The molecule has 14 heavy (non-hydrogen) atoms. The van der Waals surface area contributed by atoms with Gasteiger partial charge in [-0.15, -0.1) is 11.6 Å². The number of rotatable bonds is 2. The maximum absolute atomic E-state index is 5.57. The lowest BCUT2D eigenvalue weighted by atomic mass is 10.1. The highest BCUT2D eigenvalue weighted by atomic mass is 35.5. The molecule has 0 amide bonds. The molecule has 0 aliphatic rings. The molecule has 2 aromatic rings. The summed E-state index contributed by atoms with van der Waals surface area (Å²) in [7, 11) is 0. The van der Waals surface area contributed by atoms with Gasteiger partial charge in [0, 0.05) is 17.0 Å². The maximum Gasteiger partial charge on any atom is 0.0929 e. The van der Waals surface area contributed by atoms with E-state index in [2.05, 4.69) is 22.3 Å². The van der Waals surface area contributed by atoms with Crippen LogP contribution in [0.5, 0.6) is 0 Å². The molecule has 0 atom stereocenters. The zero-order chi connectivity index (χ0) is 9.97. The van der Waals surface area contributed by atoms with Gasteiger partial charge in [-0.3, -0.25) is 5.10 Å². The summed E-state index contributed by atoms with van der Waals surface area (Å²) in [5, 5.41) is 8.33. The Morgan fingerprint density at radius 1 is 1.50 bits per heavy atom. The van der Waals surface area contributed by atoms with Gasteiger partial charge in [-0.1, -0.05) is 24.3 Å². The molecular formula is C11H11ClN2. The highest BCUT2D eigenvalue weighted by Crippen LogP contribution is 2.17. The van der Waals surface area contributed by atoms with Crippen LogP contribution in [0.2, 0.25) is 0 Å². The van der Waals surface area contributed by atoms with Crippen molar-refractivity contribution in [1.29, 1.82) is 0 Å². The Bertz CT molecular complexity index is 471. The van der Waals surface area contributed by atoms with Crippen molar-refractivity contribution in [2.45, 2.75) is 6.92 Å². The number of aryl methyl sites for hydroxylation is 1. The smallest absolute Gasteiger partial charge is 0.0929 e. The van der Waals surface area contributed by atoms with Crippen molar-refractivity contribution in [1.82, 2.24) is 10.2 Å². The zero-order valence-corrected chi connectivity index (χ0v) is 8.67. The predicted molar refractivity (Wildman–Crippen MR) is 60.6 cm³/mol. The fourth-order valence-electron chi connectivity index (χ4n) is 1.45. The van der Waals surface area contributed by atoms with Crippen molar-refractivity contribution in [3.8, 4) is 0 Å². The fraction of sp³-hybridized carbons (Fsp3) is 0.182. The molecular weight excluding hydrogens is 196 g/mol. The van der Waals surface area contributed by atoms with Crippen LogP contribution in [0.4, 0.5) is 0 Å². The largest absolute Gasteiger partial charge is 0.282 e. The SMILES string of the molecule is Cc1[nH]nc2cc(C=CCCl)ccc12. The number of fused-ring (bicyclic) bond motifs is 1. The van der Waals surface area contributed by atoms with Gasteiger partial charge in [0.05, 0.1) is 5.52 Å². The van der Waals surface area contributed by atoms with Crippen LogP contribution in [0, 0.1) is 6.92 Å². The summed E-state index contributed by atoms with van der Waals surface area (Å²) >= 11 is 5.57. The molecule has 0 radical (unpaired) electrons. The van der Waals surface area contributed by atoms with Crippen LogP contribution in [-0.2, 0) is 0 Å². The van der Waals surface area contributed by atoms with E-state index in [1.54, 1.807) is 0 Å². The number of H-pyrrole nitrogens is 1. The van der Waals surface area contributed by atoms with Gasteiger partial charge in [-0.25, -0.2) is 0 Å². The van der Waals surface area contributed by atoms with Crippen LogP contribution in [0.15, 0.2) is 24.3 Å². The minimum Gasteiger partial charge on any atom is -0.282 e. The number of halogens is 1. The van der Waals surface area contributed by atoms with Crippen LogP contribution in [0.3, 0.4) is 0 Å². The van der Waals surface area contributed by atoms with Gasteiger partial charge in [0.1, 0.15) is 0 Å². The summed E-state index contributed by atoms with van der Waals surface area (Å²) < 4.78 is 0. The predicted octanol–water partition coefficient (Wildman–Crippen LogP) is 3.12. The fourth-order valence-corrected chi connectivity index (χ4v) is 1.54. The molecule has 72 valence electrons. The summed E-state index contributed by atoms with van der Waals surface area (Å²) in [4.78, 5) is 0. The van der Waals surface area contributed by atoms with E-state index in [0.29, 0.717) is 5.88 Å². The lowest BCUT2D eigenvalue weighted by Gasteiger charge is -1.93. The minimum atomic E-state index is 0.539. The number of alkyl halides is 1. The van der Waals surface area contributed by atoms with Crippen molar-refractivity contribution in [2.24, 2.45) is 0 Å². The molecule has 1 N–H and O–H groups in total. The molecule has 0 unspecified atom stereocenters. The normalized spacial score (nSPS) is 11.6. The summed E-state index contributed by atoms with van der Waals surface area (Å²) in [5.74, 6) is 0.539. The van der Waals surface area contributed by atoms with Gasteiger partial charge >= 0.3 is 0 Å². The highest BCUT2D eigenvalue weighted by molar-refractivity contribution is 6.19. The Labute approximate surface area is 87.6 Å². The average Bonchev–Trinajstić information content (AvgIpc) is 2.57. The van der Waals surface area contributed by atoms with Gasteiger partial charge in [0.2, 0.25) is 0 Å². The third kappa shape index (κ3) is 1.66. The summed E-state index contributed by atoms with van der Waals surface area (Å²) in [5.41, 5.74) is 3.23. The number of allylic oxidation sites excluding steroid dienone is 1. The van der Waals surface area contributed by atoms with Crippen LogP contribution in [0.1, 0.15) is 11.3 Å². The summed E-state index contributed by atoms with van der Waals surface area (Å²) in [6, 6.07) is 6.18. The number of nitrogens with one attached hydrogen (secondary N) is 1. The van der Waals surface area contributed by atoms with E-state index in [0.717, 1.165) is 16.8 Å². The Balaban J connectivity index is 2.47. The number of aromatic amines is 1. The first-order valence-corrected chi connectivity index (χ1v) is 5.02. The Morgan fingerprint density at radius 2 is 2.36 bits per heavy atom. The number of hydrogen-bond donors (Lipinski definition) is 1. The molecule has 0 aliphatic heterocycles. The first kappa shape index (κ1) is 9.28. The summed E-state index contributed by atoms with van der Waals surface area (Å²) in [6.45, 7) is 2.02. The van der Waals surface area contributed by atoms with E-state index in [-0.39, 0.29) is 0 Å². The standard InChI is InChI=1S/C11H11ClN2/c1-8-10-5-4-9(3-2-6-12)7-11(10)14-13-8/h2-5,7H,6H2,1H3,(H,13,14). The van der Waals surface area contributed by atoms with E-state index in [1.165, 1.54) is 5.39 Å². The van der Waals surface area contributed by atoms with Crippen molar-refractivity contribution in [3.63, 3.8) is 0 Å². The lowest BCUT2D eigenvalue weighted by Crippen LogP contribution is -1.74. The Hall–Kier alpha value is -1.28. The molecule has 0 saturated heterocycles. The molecule has 1 heterocycles.